The van der Waals surface area contributed by atoms with Gasteiger partial charge < -0.3 is 5.32 Å². The number of aromatic nitrogens is 2. The fourth-order valence-electron chi connectivity index (χ4n) is 2.61. The van der Waals surface area contributed by atoms with Crippen molar-refractivity contribution in [2.45, 2.75) is 51.2 Å². The molecule has 17 heavy (non-hydrogen) atoms. The summed E-state index contributed by atoms with van der Waals surface area (Å²) in [5, 5.41) is 7.97. The highest BCUT2D eigenvalue weighted by molar-refractivity contribution is 5.39. The molecule has 0 amide bonds. The predicted octanol–water partition coefficient (Wildman–Crippen LogP) is 2.11. The number of nitrogens with one attached hydrogen (secondary N) is 1. The van der Waals surface area contributed by atoms with Crippen molar-refractivity contribution < 1.29 is 0 Å². The average Bonchev–Trinajstić information content (AvgIpc) is 2.87. The molecule has 4 heteroatoms. The molecular weight excluding hydrogens is 212 g/mol. The monoisotopic (exact) mass is 234 g/mol. The molecule has 1 aromatic rings. The number of anilines is 1. The summed E-state index contributed by atoms with van der Waals surface area (Å²) in [6.07, 6.45) is 8.16. The Morgan fingerprint density at radius 1 is 1.35 bits per heavy atom. The van der Waals surface area contributed by atoms with Crippen LogP contribution in [0.15, 0.2) is 12.4 Å². The second-order valence-electron chi connectivity index (χ2n) is 5.66. The van der Waals surface area contributed by atoms with Crippen molar-refractivity contribution in [2.75, 3.05) is 18.4 Å². The number of hydrogen-bond acceptors (Lipinski definition) is 3. The van der Waals surface area contributed by atoms with E-state index in [-0.39, 0.29) is 0 Å². The van der Waals surface area contributed by atoms with Gasteiger partial charge in [-0.25, -0.2) is 0 Å². The highest BCUT2D eigenvalue weighted by atomic mass is 15.3. The zero-order valence-electron chi connectivity index (χ0n) is 10.8. The van der Waals surface area contributed by atoms with Gasteiger partial charge in [-0.05, 0) is 33.1 Å². The van der Waals surface area contributed by atoms with Crippen LogP contribution in [0.2, 0.25) is 0 Å². The van der Waals surface area contributed by atoms with Crippen molar-refractivity contribution in [3.8, 4) is 0 Å². The summed E-state index contributed by atoms with van der Waals surface area (Å²) >= 11 is 0. The molecule has 1 N–H and O–H groups in total. The number of likely N-dealkylation sites (tertiary alicyclic amines) is 1. The minimum atomic E-state index is 0.442. The van der Waals surface area contributed by atoms with E-state index in [9.17, 15) is 0 Å². The molecule has 0 bridgehead atoms. The van der Waals surface area contributed by atoms with E-state index in [1.807, 2.05) is 10.9 Å². The second-order valence-corrected chi connectivity index (χ2v) is 5.66. The van der Waals surface area contributed by atoms with Crippen LogP contribution in [0.25, 0.3) is 0 Å². The Hall–Kier alpha value is -1.03. The van der Waals surface area contributed by atoms with Gasteiger partial charge in [0.2, 0.25) is 0 Å². The predicted molar refractivity (Wildman–Crippen MR) is 69.2 cm³/mol. The third-order valence-electron chi connectivity index (χ3n) is 3.78. The Balaban J connectivity index is 1.55. The van der Waals surface area contributed by atoms with E-state index in [1.54, 1.807) is 0 Å². The third-order valence-corrected chi connectivity index (χ3v) is 3.78. The van der Waals surface area contributed by atoms with Crippen LogP contribution in [0.4, 0.5) is 5.69 Å². The van der Waals surface area contributed by atoms with Crippen molar-refractivity contribution in [3.63, 3.8) is 0 Å². The minimum absolute atomic E-state index is 0.442. The molecule has 1 saturated carbocycles. The molecule has 3 rings (SSSR count). The lowest BCUT2D eigenvalue weighted by Crippen LogP contribution is -2.27. The van der Waals surface area contributed by atoms with E-state index >= 15 is 0 Å². The van der Waals surface area contributed by atoms with E-state index in [1.165, 1.54) is 38.0 Å². The molecule has 0 spiro atoms. The van der Waals surface area contributed by atoms with Gasteiger partial charge in [0.25, 0.3) is 0 Å². The van der Waals surface area contributed by atoms with E-state index in [0.29, 0.717) is 12.1 Å². The molecule has 1 aliphatic heterocycles. The lowest BCUT2D eigenvalue weighted by Gasteiger charge is -2.15. The number of hydrogen-bond donors (Lipinski definition) is 1. The molecule has 2 aliphatic rings. The summed E-state index contributed by atoms with van der Waals surface area (Å²) in [6.45, 7) is 6.78. The molecule has 1 aliphatic carbocycles. The Labute approximate surface area is 103 Å². The first kappa shape index (κ1) is 11.1. The molecule has 94 valence electrons. The van der Waals surface area contributed by atoms with Gasteiger partial charge in [0.15, 0.2) is 0 Å². The van der Waals surface area contributed by atoms with Crippen molar-refractivity contribution in [3.05, 3.63) is 12.4 Å². The molecular formula is C13H22N4. The van der Waals surface area contributed by atoms with Gasteiger partial charge in [0, 0.05) is 37.4 Å². The van der Waals surface area contributed by atoms with Crippen molar-refractivity contribution in [2.24, 2.45) is 0 Å². The van der Waals surface area contributed by atoms with Crippen LogP contribution in [0.1, 0.15) is 39.2 Å². The molecule has 2 heterocycles. The highest BCUT2D eigenvalue weighted by Crippen LogP contribution is 2.30. The summed E-state index contributed by atoms with van der Waals surface area (Å²) in [4.78, 5) is 2.63. The molecule has 2 fully saturated rings. The SMILES string of the molecule is CC(C)n1cc(NC2CCN(C3CC3)C2)cn1. The molecule has 1 saturated heterocycles. The van der Waals surface area contributed by atoms with Crippen LogP contribution in [0.5, 0.6) is 0 Å². The molecule has 1 aromatic heterocycles. The normalized spacial score (nSPS) is 25.7. The highest BCUT2D eigenvalue weighted by Gasteiger charge is 2.34. The standard InChI is InChI=1S/C13H22N4/c1-10(2)17-9-12(7-14-17)15-11-5-6-16(8-11)13-3-4-13/h7,9-11,13,15H,3-6,8H2,1-2H3. The molecule has 1 unspecified atom stereocenters. The fourth-order valence-corrected chi connectivity index (χ4v) is 2.61. The third kappa shape index (κ3) is 2.46. The van der Waals surface area contributed by atoms with Crippen molar-refractivity contribution >= 4 is 5.69 Å². The van der Waals surface area contributed by atoms with Crippen molar-refractivity contribution in [1.82, 2.24) is 14.7 Å². The summed E-state index contributed by atoms with van der Waals surface area (Å²) in [5.74, 6) is 0. The lowest BCUT2D eigenvalue weighted by atomic mass is 10.2. The summed E-state index contributed by atoms with van der Waals surface area (Å²) < 4.78 is 2.01. The van der Waals surface area contributed by atoms with Crippen LogP contribution in [-0.2, 0) is 0 Å². The van der Waals surface area contributed by atoms with E-state index in [0.717, 1.165) is 6.04 Å². The first-order valence-electron chi connectivity index (χ1n) is 6.77. The Kier molecular flexibility index (Phi) is 2.82. The van der Waals surface area contributed by atoms with Gasteiger partial charge in [0.05, 0.1) is 11.9 Å². The number of nitrogens with zero attached hydrogens (tertiary/aromatic N) is 3. The van der Waals surface area contributed by atoms with Gasteiger partial charge in [-0.2, -0.15) is 5.10 Å². The van der Waals surface area contributed by atoms with E-state index in [2.05, 4.69) is 35.4 Å². The van der Waals surface area contributed by atoms with Gasteiger partial charge in [-0.3, -0.25) is 9.58 Å². The smallest absolute Gasteiger partial charge is 0.0729 e. The fraction of sp³-hybridized carbons (Fsp3) is 0.769. The van der Waals surface area contributed by atoms with Gasteiger partial charge in [-0.1, -0.05) is 0 Å². The quantitative estimate of drug-likeness (QED) is 0.866. The van der Waals surface area contributed by atoms with Crippen LogP contribution in [-0.4, -0.2) is 39.9 Å². The molecule has 1 atom stereocenters. The summed E-state index contributed by atoms with van der Waals surface area (Å²) in [7, 11) is 0. The maximum atomic E-state index is 4.36. The lowest BCUT2D eigenvalue weighted by molar-refractivity contribution is 0.326. The maximum absolute atomic E-state index is 4.36. The van der Waals surface area contributed by atoms with Gasteiger partial charge in [-0.15, -0.1) is 0 Å². The molecule has 4 nitrogen and oxygen atoms in total. The number of rotatable bonds is 4. The van der Waals surface area contributed by atoms with Crippen LogP contribution >= 0.6 is 0 Å². The zero-order valence-corrected chi connectivity index (χ0v) is 10.8. The average molecular weight is 234 g/mol. The minimum Gasteiger partial charge on any atom is -0.378 e. The Morgan fingerprint density at radius 3 is 2.82 bits per heavy atom. The zero-order chi connectivity index (χ0) is 11.8. The van der Waals surface area contributed by atoms with Gasteiger partial charge in [0.1, 0.15) is 0 Å². The van der Waals surface area contributed by atoms with Crippen molar-refractivity contribution in [1.29, 1.82) is 0 Å². The second kappa shape index (κ2) is 4.33. The first-order chi connectivity index (χ1) is 8.22. The molecule has 0 radical (unpaired) electrons. The van der Waals surface area contributed by atoms with E-state index < -0.39 is 0 Å². The summed E-state index contributed by atoms with van der Waals surface area (Å²) in [5.41, 5.74) is 1.17. The molecule has 0 aromatic carbocycles. The maximum Gasteiger partial charge on any atom is 0.0729 e. The summed E-state index contributed by atoms with van der Waals surface area (Å²) in [6, 6.07) is 1.96. The van der Waals surface area contributed by atoms with Crippen LogP contribution in [0.3, 0.4) is 0 Å². The van der Waals surface area contributed by atoms with E-state index in [4.69, 9.17) is 0 Å². The van der Waals surface area contributed by atoms with Crippen LogP contribution in [0, 0.1) is 0 Å². The Bertz CT molecular complexity index is 381. The van der Waals surface area contributed by atoms with Gasteiger partial charge >= 0.3 is 0 Å². The largest absolute Gasteiger partial charge is 0.378 e. The van der Waals surface area contributed by atoms with Crippen LogP contribution < -0.4 is 5.32 Å². The first-order valence-corrected chi connectivity index (χ1v) is 6.77. The Morgan fingerprint density at radius 2 is 2.18 bits per heavy atom. The topological polar surface area (TPSA) is 33.1 Å².